The molecule has 1 unspecified atom stereocenters. The van der Waals surface area contributed by atoms with Crippen LogP contribution in [0.2, 0.25) is 0 Å². The molecule has 110 valence electrons. The minimum Gasteiger partial charge on any atom is -0.435 e. The van der Waals surface area contributed by atoms with Gasteiger partial charge in [-0.05, 0) is 37.6 Å². The summed E-state index contributed by atoms with van der Waals surface area (Å²) in [4.78, 5) is 11.9. The first-order chi connectivity index (χ1) is 9.65. The third-order valence-electron chi connectivity index (χ3n) is 3.24. The van der Waals surface area contributed by atoms with Crippen LogP contribution in [0.5, 0.6) is 5.75 Å². The van der Waals surface area contributed by atoms with Gasteiger partial charge >= 0.3 is 6.61 Å². The summed E-state index contributed by atoms with van der Waals surface area (Å²) in [5.41, 5.74) is 0.318. The number of benzene rings is 1. The van der Waals surface area contributed by atoms with Crippen LogP contribution >= 0.6 is 0 Å². The summed E-state index contributed by atoms with van der Waals surface area (Å²) < 4.78 is 28.5. The highest BCUT2D eigenvalue weighted by molar-refractivity contribution is 5.94. The number of halogens is 2. The minimum atomic E-state index is -2.89. The summed E-state index contributed by atoms with van der Waals surface area (Å²) in [6, 6.07) is 6.09. The molecular formula is C14H18F2N2O2. The van der Waals surface area contributed by atoms with Crippen molar-refractivity contribution in [2.24, 2.45) is 0 Å². The summed E-state index contributed by atoms with van der Waals surface area (Å²) in [6.45, 7) is -1.38. The van der Waals surface area contributed by atoms with Crippen molar-refractivity contribution in [3.05, 3.63) is 29.8 Å². The average molecular weight is 284 g/mol. The zero-order valence-electron chi connectivity index (χ0n) is 11.1. The number of nitrogens with one attached hydrogen (secondary N) is 2. The summed E-state index contributed by atoms with van der Waals surface area (Å²) >= 11 is 0. The smallest absolute Gasteiger partial charge is 0.387 e. The van der Waals surface area contributed by atoms with Gasteiger partial charge in [-0.3, -0.25) is 4.79 Å². The second-order valence-electron chi connectivity index (χ2n) is 4.76. The number of ether oxygens (including phenoxy) is 1. The van der Waals surface area contributed by atoms with Crippen LogP contribution in [0, 0.1) is 0 Å². The second-order valence-corrected chi connectivity index (χ2v) is 4.76. The fraction of sp³-hybridized carbons (Fsp3) is 0.500. The molecular weight excluding hydrogens is 266 g/mol. The molecule has 0 aliphatic carbocycles. The normalized spacial score (nSPS) is 18.9. The van der Waals surface area contributed by atoms with Crippen LogP contribution in [0.15, 0.2) is 24.3 Å². The highest BCUT2D eigenvalue weighted by atomic mass is 19.3. The zero-order valence-corrected chi connectivity index (χ0v) is 11.1. The first-order valence-electron chi connectivity index (χ1n) is 6.71. The van der Waals surface area contributed by atoms with Gasteiger partial charge in [0.05, 0.1) is 0 Å². The summed E-state index contributed by atoms with van der Waals surface area (Å²) in [7, 11) is 0. The Labute approximate surface area is 116 Å². The standard InChI is InChI=1S/C14H18F2N2O2/c15-14(16)20-12-6-3-4-10(8-12)13(19)18-9-11-5-1-2-7-17-11/h3-4,6,8,11,14,17H,1-2,5,7,9H2,(H,18,19). The molecule has 1 amide bonds. The van der Waals surface area contributed by atoms with Crippen molar-refractivity contribution in [2.45, 2.75) is 31.9 Å². The van der Waals surface area contributed by atoms with Crippen molar-refractivity contribution in [1.82, 2.24) is 10.6 Å². The van der Waals surface area contributed by atoms with Crippen molar-refractivity contribution < 1.29 is 18.3 Å². The molecule has 1 fully saturated rings. The molecule has 2 rings (SSSR count). The zero-order chi connectivity index (χ0) is 14.4. The molecule has 2 N–H and O–H groups in total. The van der Waals surface area contributed by atoms with E-state index in [9.17, 15) is 13.6 Å². The molecule has 1 aromatic carbocycles. The molecule has 1 aromatic rings. The lowest BCUT2D eigenvalue weighted by Crippen LogP contribution is -2.43. The van der Waals surface area contributed by atoms with Crippen LogP contribution < -0.4 is 15.4 Å². The summed E-state index contributed by atoms with van der Waals surface area (Å²) in [5.74, 6) is -0.291. The highest BCUT2D eigenvalue weighted by Crippen LogP contribution is 2.16. The summed E-state index contributed by atoms with van der Waals surface area (Å²) in [6.07, 6.45) is 3.36. The molecule has 6 heteroatoms. The Bertz CT molecular complexity index is 449. The van der Waals surface area contributed by atoms with Gasteiger partial charge in [-0.1, -0.05) is 12.5 Å². The number of carbonyl (C=O) groups excluding carboxylic acids is 1. The quantitative estimate of drug-likeness (QED) is 0.871. The molecule has 0 aromatic heterocycles. The third-order valence-corrected chi connectivity index (χ3v) is 3.24. The number of alkyl halides is 2. The first-order valence-corrected chi connectivity index (χ1v) is 6.71. The summed E-state index contributed by atoms with van der Waals surface area (Å²) in [5, 5.41) is 6.13. The Hall–Kier alpha value is -1.69. The van der Waals surface area contributed by atoms with E-state index in [-0.39, 0.29) is 17.7 Å². The molecule has 1 heterocycles. The first kappa shape index (κ1) is 14.7. The van der Waals surface area contributed by atoms with E-state index in [1.807, 2.05) is 0 Å². The van der Waals surface area contributed by atoms with Gasteiger partial charge in [-0.2, -0.15) is 8.78 Å². The van der Waals surface area contributed by atoms with Crippen molar-refractivity contribution in [3.8, 4) is 5.75 Å². The topological polar surface area (TPSA) is 50.4 Å². The number of amides is 1. The van der Waals surface area contributed by atoms with Gasteiger partial charge in [0.1, 0.15) is 5.75 Å². The molecule has 0 bridgehead atoms. The van der Waals surface area contributed by atoms with Crippen LogP contribution in [0.25, 0.3) is 0 Å². The van der Waals surface area contributed by atoms with E-state index < -0.39 is 6.61 Å². The maximum atomic E-state index is 12.1. The van der Waals surface area contributed by atoms with Gasteiger partial charge < -0.3 is 15.4 Å². The van der Waals surface area contributed by atoms with Crippen LogP contribution in [-0.2, 0) is 0 Å². The lowest BCUT2D eigenvalue weighted by Gasteiger charge is -2.23. The van der Waals surface area contributed by atoms with E-state index in [0.717, 1.165) is 25.8 Å². The van der Waals surface area contributed by atoms with Crippen molar-refractivity contribution in [3.63, 3.8) is 0 Å². The second kappa shape index (κ2) is 7.19. The Kier molecular flexibility index (Phi) is 5.29. The maximum absolute atomic E-state index is 12.1. The molecule has 0 saturated carbocycles. The van der Waals surface area contributed by atoms with Crippen LogP contribution in [-0.4, -0.2) is 31.7 Å². The van der Waals surface area contributed by atoms with E-state index in [4.69, 9.17) is 0 Å². The van der Waals surface area contributed by atoms with E-state index >= 15 is 0 Å². The van der Waals surface area contributed by atoms with Crippen LogP contribution in [0.3, 0.4) is 0 Å². The molecule has 0 spiro atoms. The van der Waals surface area contributed by atoms with Gasteiger partial charge in [0, 0.05) is 18.2 Å². The lowest BCUT2D eigenvalue weighted by atomic mass is 10.1. The fourth-order valence-electron chi connectivity index (χ4n) is 2.23. The molecule has 1 aliphatic heterocycles. The van der Waals surface area contributed by atoms with Gasteiger partial charge in [-0.15, -0.1) is 0 Å². The Morgan fingerprint density at radius 2 is 2.30 bits per heavy atom. The Morgan fingerprint density at radius 3 is 3.00 bits per heavy atom. The van der Waals surface area contributed by atoms with E-state index in [1.165, 1.54) is 18.2 Å². The Morgan fingerprint density at radius 1 is 1.45 bits per heavy atom. The van der Waals surface area contributed by atoms with Crippen molar-refractivity contribution in [2.75, 3.05) is 13.1 Å². The van der Waals surface area contributed by atoms with Crippen molar-refractivity contribution >= 4 is 5.91 Å². The largest absolute Gasteiger partial charge is 0.435 e. The van der Waals surface area contributed by atoms with E-state index in [2.05, 4.69) is 15.4 Å². The average Bonchev–Trinajstić information content (AvgIpc) is 2.45. The highest BCUT2D eigenvalue weighted by Gasteiger charge is 2.14. The maximum Gasteiger partial charge on any atom is 0.387 e. The predicted octanol–water partition coefficient (Wildman–Crippen LogP) is 2.16. The molecule has 4 nitrogen and oxygen atoms in total. The van der Waals surface area contributed by atoms with E-state index in [1.54, 1.807) is 6.07 Å². The number of piperidine rings is 1. The molecule has 0 radical (unpaired) electrons. The third kappa shape index (κ3) is 4.45. The molecule has 1 aliphatic rings. The number of rotatable bonds is 5. The minimum absolute atomic E-state index is 0.0107. The molecule has 1 atom stereocenters. The van der Waals surface area contributed by atoms with Gasteiger partial charge in [0.25, 0.3) is 5.91 Å². The predicted molar refractivity (Wildman–Crippen MR) is 71.0 cm³/mol. The fourth-order valence-corrected chi connectivity index (χ4v) is 2.23. The van der Waals surface area contributed by atoms with Gasteiger partial charge in [0.15, 0.2) is 0 Å². The SMILES string of the molecule is O=C(NCC1CCCCN1)c1cccc(OC(F)F)c1. The monoisotopic (exact) mass is 284 g/mol. The molecule has 1 saturated heterocycles. The molecule has 20 heavy (non-hydrogen) atoms. The van der Waals surface area contributed by atoms with Crippen LogP contribution in [0.4, 0.5) is 8.78 Å². The lowest BCUT2D eigenvalue weighted by molar-refractivity contribution is -0.0498. The number of hydrogen-bond acceptors (Lipinski definition) is 3. The Balaban J connectivity index is 1.88. The van der Waals surface area contributed by atoms with Crippen molar-refractivity contribution in [1.29, 1.82) is 0 Å². The van der Waals surface area contributed by atoms with E-state index in [0.29, 0.717) is 12.1 Å². The van der Waals surface area contributed by atoms with Gasteiger partial charge in [0.2, 0.25) is 0 Å². The number of hydrogen-bond donors (Lipinski definition) is 2. The number of carbonyl (C=O) groups is 1. The van der Waals surface area contributed by atoms with Crippen LogP contribution in [0.1, 0.15) is 29.6 Å². The van der Waals surface area contributed by atoms with Gasteiger partial charge in [-0.25, -0.2) is 0 Å².